The number of carbonyl (C=O) groups is 1. The van der Waals surface area contributed by atoms with Crippen LogP contribution in [-0.2, 0) is 37.5 Å². The van der Waals surface area contributed by atoms with Crippen molar-refractivity contribution in [1.82, 2.24) is 0 Å². The van der Waals surface area contributed by atoms with E-state index in [1.807, 2.05) is 0 Å². The van der Waals surface area contributed by atoms with Crippen LogP contribution in [0.3, 0.4) is 0 Å². The number of rotatable bonds is 1. The second kappa shape index (κ2) is 4.73. The maximum Gasteiger partial charge on any atom is 0.109 e. The Hall–Kier alpha value is 0.799. The van der Waals surface area contributed by atoms with E-state index in [0.29, 0.717) is 6.32 Å². The molecule has 57 valence electrons. The zero-order valence-electron chi connectivity index (χ0n) is 6.36. The van der Waals surface area contributed by atoms with E-state index >= 15 is 0 Å². The van der Waals surface area contributed by atoms with Gasteiger partial charge in [0.2, 0.25) is 0 Å². The van der Waals surface area contributed by atoms with Gasteiger partial charge in [0.15, 0.2) is 0 Å². The van der Waals surface area contributed by atoms with E-state index in [1.54, 1.807) is 0 Å². The van der Waals surface area contributed by atoms with Crippen LogP contribution < -0.4 is 0 Å². The van der Waals surface area contributed by atoms with Crippen molar-refractivity contribution in [2.45, 2.75) is 18.8 Å². The number of hydrogen-bond donors (Lipinski definition) is 1. The summed E-state index contributed by atoms with van der Waals surface area (Å²) < 4.78 is 0. The predicted octanol–water partition coefficient (Wildman–Crippen LogP) is -0.0291. The summed E-state index contributed by atoms with van der Waals surface area (Å²) in [4.78, 5) is 10.9. The molecule has 0 spiro atoms. The summed E-state index contributed by atoms with van der Waals surface area (Å²) in [6, 6.07) is 0. The molecule has 0 aromatic heterocycles. The van der Waals surface area contributed by atoms with Gasteiger partial charge in [0, 0.05) is 39.1 Å². The molecule has 0 bridgehead atoms. The fourth-order valence-electron chi connectivity index (χ4n) is 1.34. The molecular weight excluding hydrogens is 216 g/mol. The second-order valence-electron chi connectivity index (χ2n) is 2.74. The Balaban J connectivity index is 0.000001000. The Morgan fingerprint density at radius 3 is 2.45 bits per heavy atom. The van der Waals surface area contributed by atoms with E-state index in [0.717, 1.165) is 0 Å². The van der Waals surface area contributed by atoms with Gasteiger partial charge in [0.25, 0.3) is 0 Å². The van der Waals surface area contributed by atoms with Gasteiger partial charge in [-0.05, 0) is 5.92 Å². The summed E-state index contributed by atoms with van der Waals surface area (Å²) in [6.45, 7) is 3.63. The molecule has 1 aliphatic rings. The average molecular weight is 226 g/mol. The van der Waals surface area contributed by atoms with E-state index in [1.165, 1.54) is 0 Å². The maximum absolute atomic E-state index is 10.9. The molecular formula is C7H10BO2Y-. The molecule has 0 aromatic carbocycles. The van der Waals surface area contributed by atoms with Crippen molar-refractivity contribution in [3.63, 3.8) is 0 Å². The van der Waals surface area contributed by atoms with Crippen molar-refractivity contribution < 1.29 is 42.6 Å². The standard InChI is InChI=1S/C7H10BO2.Y/c1-4-5(3-8)7(10)2-6(4)9;/h4-5,7,10H,1-3H2;/q-1;. The third-order valence-electron chi connectivity index (χ3n) is 2.11. The molecule has 1 fully saturated rings. The largest absolute Gasteiger partial charge is 0.392 e. The molecule has 4 heteroatoms. The number of hydrogen-bond acceptors (Lipinski definition) is 2. The van der Waals surface area contributed by atoms with Crippen molar-refractivity contribution in [2.75, 3.05) is 0 Å². The van der Waals surface area contributed by atoms with Crippen molar-refractivity contribution in [1.29, 1.82) is 0 Å². The molecule has 1 rings (SSSR count). The summed E-state index contributed by atoms with van der Waals surface area (Å²) >= 11 is 0. The second-order valence-corrected chi connectivity index (χ2v) is 2.74. The van der Waals surface area contributed by atoms with Crippen LogP contribution in [0.4, 0.5) is 0 Å². The van der Waals surface area contributed by atoms with Gasteiger partial charge in [0.1, 0.15) is 5.78 Å². The summed E-state index contributed by atoms with van der Waals surface area (Å²) in [7, 11) is 5.32. The molecule has 0 saturated heterocycles. The Bertz CT molecular complexity index is 151. The smallest absolute Gasteiger partial charge is 0.109 e. The summed E-state index contributed by atoms with van der Waals surface area (Å²) in [5.41, 5.74) is 0. The first-order valence-electron chi connectivity index (χ1n) is 3.40. The Morgan fingerprint density at radius 1 is 1.73 bits per heavy atom. The first-order valence-corrected chi connectivity index (χ1v) is 3.40. The summed E-state index contributed by atoms with van der Waals surface area (Å²) in [6.07, 6.45) is 0.0249. The van der Waals surface area contributed by atoms with E-state index in [2.05, 4.69) is 6.92 Å². The minimum atomic E-state index is -0.556. The Labute approximate surface area is 93.4 Å². The Morgan fingerprint density at radius 2 is 2.27 bits per heavy atom. The minimum Gasteiger partial charge on any atom is -0.392 e. The van der Waals surface area contributed by atoms with E-state index in [4.69, 9.17) is 7.85 Å². The van der Waals surface area contributed by atoms with Crippen molar-refractivity contribution in [3.05, 3.63) is 6.92 Å². The first-order chi connectivity index (χ1) is 4.66. The monoisotopic (exact) mass is 226 g/mol. The van der Waals surface area contributed by atoms with E-state index in [9.17, 15) is 9.90 Å². The Kier molecular flexibility index (Phi) is 5.08. The predicted molar refractivity (Wildman–Crippen MR) is 38.5 cm³/mol. The van der Waals surface area contributed by atoms with Crippen LogP contribution in [0.25, 0.3) is 0 Å². The van der Waals surface area contributed by atoms with Crippen LogP contribution >= 0.6 is 0 Å². The fraction of sp³-hybridized carbons (Fsp3) is 0.714. The number of carbonyl (C=O) groups excluding carboxylic acids is 1. The zero-order valence-corrected chi connectivity index (χ0v) is 9.20. The van der Waals surface area contributed by atoms with Gasteiger partial charge in [0.05, 0.1) is 14.0 Å². The number of aliphatic hydroxyl groups is 1. The molecule has 1 N–H and O–H groups in total. The van der Waals surface area contributed by atoms with Gasteiger partial charge in [-0.3, -0.25) is 0 Å². The van der Waals surface area contributed by atoms with Gasteiger partial charge in [-0.2, -0.15) is 0 Å². The number of Topliss-reactive ketones (excluding diaryl/α,β-unsaturated/α-hetero) is 1. The van der Waals surface area contributed by atoms with Gasteiger partial charge in [-0.15, -0.1) is 5.92 Å². The van der Waals surface area contributed by atoms with Crippen LogP contribution in [0.2, 0.25) is 6.32 Å². The molecule has 11 heavy (non-hydrogen) atoms. The molecule has 0 aromatic rings. The third kappa shape index (κ3) is 2.37. The topological polar surface area (TPSA) is 37.3 Å². The van der Waals surface area contributed by atoms with Crippen LogP contribution in [0.5, 0.6) is 0 Å². The van der Waals surface area contributed by atoms with Gasteiger partial charge in [-0.25, -0.2) is 0 Å². The minimum absolute atomic E-state index is 0. The first kappa shape index (κ1) is 11.8. The van der Waals surface area contributed by atoms with Crippen LogP contribution in [0.15, 0.2) is 0 Å². The molecule has 3 unspecified atom stereocenters. The molecule has 3 atom stereocenters. The zero-order chi connectivity index (χ0) is 7.72. The van der Waals surface area contributed by atoms with Crippen molar-refractivity contribution in [2.24, 2.45) is 11.8 Å². The third-order valence-corrected chi connectivity index (χ3v) is 2.11. The molecule has 1 saturated carbocycles. The number of aliphatic hydroxyl groups excluding tert-OH is 1. The van der Waals surface area contributed by atoms with E-state index < -0.39 is 6.10 Å². The molecule has 0 amide bonds. The fourth-order valence-corrected chi connectivity index (χ4v) is 1.34. The average Bonchev–Trinajstić information content (AvgIpc) is 2.09. The SMILES string of the molecule is [B]CC1C(O)CC(=O)C1[CH2-].[Y]. The quantitative estimate of drug-likeness (QED) is 0.503. The van der Waals surface area contributed by atoms with E-state index in [-0.39, 0.29) is 56.7 Å². The number of ketones is 1. The van der Waals surface area contributed by atoms with Gasteiger partial charge >= 0.3 is 0 Å². The summed E-state index contributed by atoms with van der Waals surface area (Å²) in [5.74, 6) is -0.379. The molecule has 2 nitrogen and oxygen atoms in total. The van der Waals surface area contributed by atoms with Crippen molar-refractivity contribution in [3.8, 4) is 0 Å². The maximum atomic E-state index is 10.9. The molecule has 1 aliphatic carbocycles. The van der Waals surface area contributed by atoms with Gasteiger partial charge < -0.3 is 16.8 Å². The molecule has 3 radical (unpaired) electrons. The molecule has 0 heterocycles. The van der Waals surface area contributed by atoms with Gasteiger partial charge in [-0.1, -0.05) is 6.32 Å². The molecule has 0 aliphatic heterocycles. The van der Waals surface area contributed by atoms with Crippen LogP contribution in [0.1, 0.15) is 6.42 Å². The van der Waals surface area contributed by atoms with Crippen LogP contribution in [0, 0.1) is 18.8 Å². The van der Waals surface area contributed by atoms with Crippen LogP contribution in [-0.4, -0.2) is 24.8 Å². The summed E-state index contributed by atoms with van der Waals surface area (Å²) in [5, 5.41) is 9.19. The normalized spacial score (nSPS) is 36.9. The van der Waals surface area contributed by atoms with Crippen molar-refractivity contribution >= 4 is 13.6 Å².